The maximum Gasteiger partial charge on any atom is 0.342 e. The summed E-state index contributed by atoms with van der Waals surface area (Å²) in [5.74, 6) is -0.333. The van der Waals surface area contributed by atoms with Crippen LogP contribution in [0, 0.1) is 0 Å². The van der Waals surface area contributed by atoms with Crippen molar-refractivity contribution in [2.75, 3.05) is 6.61 Å². The number of rotatable bonds is 4. The molecule has 0 bridgehead atoms. The summed E-state index contributed by atoms with van der Waals surface area (Å²) >= 11 is 0. The highest BCUT2D eigenvalue weighted by Crippen LogP contribution is 2.39. The molecular weight excluding hydrogens is 336 g/mol. The van der Waals surface area contributed by atoms with Gasteiger partial charge in [-0.15, -0.1) is 0 Å². The van der Waals surface area contributed by atoms with Crippen molar-refractivity contribution in [3.8, 4) is 11.1 Å². The molecule has 0 saturated heterocycles. The molecule has 136 valence electrons. The Bertz CT molecular complexity index is 1050. The second-order valence-electron chi connectivity index (χ2n) is 6.95. The topological polar surface area (TPSA) is 55.0 Å². The highest BCUT2D eigenvalue weighted by Gasteiger charge is 2.33. The first-order valence-corrected chi connectivity index (χ1v) is 9.22. The number of hydrogen-bond acceptors (Lipinski definition) is 3. The second-order valence-corrected chi connectivity index (χ2v) is 6.95. The maximum absolute atomic E-state index is 12.8. The summed E-state index contributed by atoms with van der Waals surface area (Å²) in [6.45, 7) is 4.28. The third kappa shape index (κ3) is 2.97. The van der Waals surface area contributed by atoms with Crippen LogP contribution in [-0.2, 0) is 10.2 Å². The molecule has 0 radical (unpaired) electrons. The molecule has 1 aliphatic carbocycles. The number of benzene rings is 1. The molecule has 4 rings (SSSR count). The zero-order valence-corrected chi connectivity index (χ0v) is 15.5. The standard InChI is InChI=1S/C23H22N2O2/c1-3-27-22(26)18-20-19(25-21(18)23(2)13-8-5-9-14-23)17(12-15-24-20)16-10-6-4-7-11-16/h4-13,15,25H,3,14H2,1-2H3. The molecular formula is C23H22N2O2. The van der Waals surface area contributed by atoms with Crippen molar-refractivity contribution in [2.45, 2.75) is 25.7 Å². The first-order chi connectivity index (χ1) is 13.1. The molecule has 0 fully saturated rings. The van der Waals surface area contributed by atoms with Gasteiger partial charge < -0.3 is 9.72 Å². The zero-order chi connectivity index (χ0) is 18.9. The Morgan fingerprint density at radius 1 is 1.22 bits per heavy atom. The molecule has 1 atom stereocenters. The molecule has 0 spiro atoms. The van der Waals surface area contributed by atoms with Gasteiger partial charge in [0.25, 0.3) is 0 Å². The Morgan fingerprint density at radius 3 is 2.74 bits per heavy atom. The SMILES string of the molecule is CCOC(=O)c1c(C2(C)C=CC=CC2)[nH]c2c(-c3ccccc3)ccnc12. The third-order valence-electron chi connectivity index (χ3n) is 5.08. The number of nitrogens with one attached hydrogen (secondary N) is 1. The van der Waals surface area contributed by atoms with Crippen LogP contribution >= 0.6 is 0 Å². The number of aromatic amines is 1. The fraction of sp³-hybridized carbons (Fsp3) is 0.217. The number of allylic oxidation sites excluding steroid dienone is 4. The van der Waals surface area contributed by atoms with Crippen LogP contribution in [0.15, 0.2) is 66.9 Å². The van der Waals surface area contributed by atoms with Crippen molar-refractivity contribution in [2.24, 2.45) is 0 Å². The molecule has 4 heteroatoms. The Labute approximate surface area is 158 Å². The van der Waals surface area contributed by atoms with E-state index in [0.29, 0.717) is 17.7 Å². The molecule has 1 aromatic carbocycles. The average molecular weight is 358 g/mol. The van der Waals surface area contributed by atoms with Crippen molar-refractivity contribution in [3.63, 3.8) is 0 Å². The monoisotopic (exact) mass is 358 g/mol. The molecule has 1 N–H and O–H groups in total. The van der Waals surface area contributed by atoms with Crippen LogP contribution in [0.3, 0.4) is 0 Å². The lowest BCUT2D eigenvalue weighted by atomic mass is 9.79. The van der Waals surface area contributed by atoms with Crippen LogP contribution in [0.2, 0.25) is 0 Å². The van der Waals surface area contributed by atoms with E-state index >= 15 is 0 Å². The van der Waals surface area contributed by atoms with Crippen molar-refractivity contribution >= 4 is 17.0 Å². The van der Waals surface area contributed by atoms with E-state index < -0.39 is 0 Å². The lowest BCUT2D eigenvalue weighted by Crippen LogP contribution is -2.23. The highest BCUT2D eigenvalue weighted by molar-refractivity contribution is 6.07. The van der Waals surface area contributed by atoms with Crippen molar-refractivity contribution < 1.29 is 9.53 Å². The van der Waals surface area contributed by atoms with E-state index in [1.807, 2.05) is 43.3 Å². The van der Waals surface area contributed by atoms with Crippen LogP contribution in [0.1, 0.15) is 36.3 Å². The number of hydrogen-bond donors (Lipinski definition) is 1. The van der Waals surface area contributed by atoms with Crippen LogP contribution in [0.4, 0.5) is 0 Å². The number of esters is 1. The van der Waals surface area contributed by atoms with Gasteiger partial charge in [-0.05, 0) is 25.0 Å². The predicted octanol–water partition coefficient (Wildman–Crippen LogP) is 5.18. The molecule has 2 aromatic heterocycles. The Hall–Kier alpha value is -3.14. The molecule has 0 saturated carbocycles. The summed E-state index contributed by atoms with van der Waals surface area (Å²) in [6.07, 6.45) is 10.9. The average Bonchev–Trinajstić information content (AvgIpc) is 3.10. The lowest BCUT2D eigenvalue weighted by Gasteiger charge is -2.26. The largest absolute Gasteiger partial charge is 0.462 e. The third-order valence-corrected chi connectivity index (χ3v) is 5.08. The normalized spacial score (nSPS) is 18.7. The molecule has 1 aliphatic rings. The quantitative estimate of drug-likeness (QED) is 0.654. The van der Waals surface area contributed by atoms with Crippen molar-refractivity contribution in [1.82, 2.24) is 9.97 Å². The van der Waals surface area contributed by atoms with Gasteiger partial charge in [-0.2, -0.15) is 0 Å². The Morgan fingerprint density at radius 2 is 2.04 bits per heavy atom. The zero-order valence-electron chi connectivity index (χ0n) is 15.5. The van der Waals surface area contributed by atoms with E-state index in [1.165, 1.54) is 0 Å². The van der Waals surface area contributed by atoms with Gasteiger partial charge in [-0.3, -0.25) is 4.98 Å². The number of fused-ring (bicyclic) bond motifs is 1. The van der Waals surface area contributed by atoms with Crippen molar-refractivity contribution in [3.05, 3.63) is 78.2 Å². The summed E-state index contributed by atoms with van der Waals surface area (Å²) in [5.41, 5.74) is 4.71. The highest BCUT2D eigenvalue weighted by atomic mass is 16.5. The van der Waals surface area contributed by atoms with Gasteiger partial charge in [0.15, 0.2) is 0 Å². The first kappa shape index (κ1) is 17.3. The van der Waals surface area contributed by atoms with Gasteiger partial charge in [0.2, 0.25) is 0 Å². The number of pyridine rings is 1. The first-order valence-electron chi connectivity index (χ1n) is 9.22. The minimum atomic E-state index is -0.333. The van der Waals surface area contributed by atoms with E-state index in [4.69, 9.17) is 4.74 Å². The molecule has 4 nitrogen and oxygen atoms in total. The molecule has 1 unspecified atom stereocenters. The molecule has 0 amide bonds. The molecule has 3 aromatic rings. The minimum absolute atomic E-state index is 0.314. The fourth-order valence-electron chi connectivity index (χ4n) is 3.69. The summed E-state index contributed by atoms with van der Waals surface area (Å²) in [7, 11) is 0. The fourth-order valence-corrected chi connectivity index (χ4v) is 3.69. The van der Waals surface area contributed by atoms with E-state index in [9.17, 15) is 4.79 Å². The van der Waals surface area contributed by atoms with Gasteiger partial charge in [-0.1, -0.05) is 61.6 Å². The maximum atomic E-state index is 12.8. The predicted molar refractivity (Wildman–Crippen MR) is 108 cm³/mol. The minimum Gasteiger partial charge on any atom is -0.462 e. The lowest BCUT2D eigenvalue weighted by molar-refractivity contribution is 0.0526. The summed E-state index contributed by atoms with van der Waals surface area (Å²) in [6, 6.07) is 12.1. The van der Waals surface area contributed by atoms with E-state index in [0.717, 1.165) is 28.8 Å². The number of H-pyrrole nitrogens is 1. The van der Waals surface area contributed by atoms with Crippen LogP contribution in [-0.4, -0.2) is 22.5 Å². The molecule has 0 aliphatic heterocycles. The number of carbonyl (C=O) groups is 1. The summed E-state index contributed by atoms with van der Waals surface area (Å²) in [4.78, 5) is 20.9. The van der Waals surface area contributed by atoms with E-state index in [2.05, 4.69) is 41.2 Å². The Balaban J connectivity index is 1.99. The van der Waals surface area contributed by atoms with Gasteiger partial charge in [0.1, 0.15) is 11.1 Å². The van der Waals surface area contributed by atoms with Crippen LogP contribution in [0.25, 0.3) is 22.2 Å². The van der Waals surface area contributed by atoms with Gasteiger partial charge in [-0.25, -0.2) is 4.79 Å². The molecule has 2 heterocycles. The van der Waals surface area contributed by atoms with Gasteiger partial charge in [0, 0.05) is 22.9 Å². The van der Waals surface area contributed by atoms with Gasteiger partial charge in [0.05, 0.1) is 12.1 Å². The number of nitrogens with zero attached hydrogens (tertiary/aromatic N) is 1. The molecule has 27 heavy (non-hydrogen) atoms. The van der Waals surface area contributed by atoms with Crippen LogP contribution < -0.4 is 0 Å². The van der Waals surface area contributed by atoms with Crippen LogP contribution in [0.5, 0.6) is 0 Å². The Kier molecular flexibility index (Phi) is 4.40. The summed E-state index contributed by atoms with van der Waals surface area (Å²) < 4.78 is 5.38. The van der Waals surface area contributed by atoms with E-state index in [1.54, 1.807) is 6.20 Å². The number of aromatic nitrogens is 2. The van der Waals surface area contributed by atoms with E-state index in [-0.39, 0.29) is 11.4 Å². The summed E-state index contributed by atoms with van der Waals surface area (Å²) in [5, 5.41) is 0. The van der Waals surface area contributed by atoms with Gasteiger partial charge >= 0.3 is 5.97 Å². The smallest absolute Gasteiger partial charge is 0.342 e. The number of carbonyl (C=O) groups excluding carboxylic acids is 1. The van der Waals surface area contributed by atoms with Crippen molar-refractivity contribution in [1.29, 1.82) is 0 Å². The number of ether oxygens (including phenoxy) is 1. The second kappa shape index (κ2) is 6.88.